The van der Waals surface area contributed by atoms with E-state index in [1.165, 1.54) is 24.5 Å². The van der Waals surface area contributed by atoms with Gasteiger partial charge < -0.3 is 82.4 Å². The summed E-state index contributed by atoms with van der Waals surface area (Å²) in [6.45, 7) is 0.143. The van der Waals surface area contributed by atoms with Crippen molar-refractivity contribution in [2.24, 2.45) is 34.2 Å². The molecule has 0 saturated carbocycles. The van der Waals surface area contributed by atoms with Crippen LogP contribution in [0.5, 0.6) is 0 Å². The molecule has 434 valence electrons. The Morgan fingerprint density at radius 2 is 1.18 bits per heavy atom. The number of hydrogen-bond donors (Lipinski definition) is 9. The summed E-state index contributed by atoms with van der Waals surface area (Å²) in [5.41, 5.74) is 10.5. The number of rotatable bonds is 33. The van der Waals surface area contributed by atoms with Crippen molar-refractivity contribution in [3.63, 3.8) is 0 Å². The number of carbonyl (C=O) groups is 12. The molecule has 0 spiro atoms. The number of likely N-dealkylation sites (tertiary alicyclic amines) is 1. The Morgan fingerprint density at radius 3 is 1.65 bits per heavy atom. The largest absolute Gasteiger partial charge is 0.549 e. The van der Waals surface area contributed by atoms with Gasteiger partial charge in [-0.3, -0.25) is 62.9 Å². The van der Waals surface area contributed by atoms with E-state index in [0.717, 1.165) is 0 Å². The number of nitrogens with one attached hydrogen (secondary N) is 3. The van der Waals surface area contributed by atoms with E-state index in [4.69, 9.17) is 11.5 Å². The normalized spacial score (nSPS) is 18.2. The smallest absolute Gasteiger partial charge is 0.326 e. The maximum absolute atomic E-state index is 13.7. The number of nitrogens with zero attached hydrogens (tertiary/aromatic N) is 6. The Hall–Kier alpha value is -6.89. The van der Waals surface area contributed by atoms with E-state index in [1.54, 1.807) is 13.8 Å². The Labute approximate surface area is 444 Å². The van der Waals surface area contributed by atoms with E-state index in [0.29, 0.717) is 6.42 Å². The summed E-state index contributed by atoms with van der Waals surface area (Å²) in [6.07, 6.45) is -2.41. The summed E-state index contributed by atoms with van der Waals surface area (Å²) in [7, 11) is 0. The first kappa shape index (κ1) is 66.2. The van der Waals surface area contributed by atoms with Crippen LogP contribution in [0.3, 0.4) is 0 Å². The summed E-state index contributed by atoms with van der Waals surface area (Å²) in [6, 6.07) is -5.23. The van der Waals surface area contributed by atoms with Gasteiger partial charge in [-0.25, -0.2) is 4.79 Å². The van der Waals surface area contributed by atoms with Gasteiger partial charge in [0.2, 0.25) is 23.6 Å². The highest BCUT2D eigenvalue weighted by molar-refractivity contribution is 5.97. The molecular formula is C47H74N11O19-3. The molecule has 0 bridgehead atoms. The summed E-state index contributed by atoms with van der Waals surface area (Å²) >= 11 is 0. The third kappa shape index (κ3) is 25.7. The van der Waals surface area contributed by atoms with Gasteiger partial charge in [-0.15, -0.1) is 0 Å². The minimum Gasteiger partial charge on any atom is -0.549 e. The van der Waals surface area contributed by atoms with Crippen molar-refractivity contribution >= 4 is 77.0 Å². The first-order chi connectivity index (χ1) is 36.2. The van der Waals surface area contributed by atoms with Crippen LogP contribution in [0.2, 0.25) is 0 Å². The van der Waals surface area contributed by atoms with Crippen molar-refractivity contribution in [2.45, 2.75) is 102 Å². The second-order valence-corrected chi connectivity index (χ2v) is 19.5. The molecule has 6 atom stereocenters. The number of guanidine groups is 1. The quantitative estimate of drug-likeness (QED) is 0.0167. The number of carboxylic acids is 6. The SMILES string of the molecule is CC(C)C[C@H](NC(=O)[C@H](CC(=O)O)CC(=O)CNC(=O)[C@@H]1CCCN1C(=O)CCC(C(=O)O)N1CCN(CC(=O)[O-])CCN(CC(=O)[O-])CCN(CC(=O)[O-])CC1)C(=O)C[C@@H](CO)C(=O)N[C@@H](CCCN=C(N)N)C(=O)O. The summed E-state index contributed by atoms with van der Waals surface area (Å²) in [5.74, 6) is -17.0. The summed E-state index contributed by atoms with van der Waals surface area (Å²) in [5, 5.41) is 81.4. The number of carboxylic acid groups (broad SMARTS) is 6. The highest BCUT2D eigenvalue weighted by Gasteiger charge is 2.37. The Kier molecular flexibility index (Phi) is 29.2. The number of aliphatic carboxylic acids is 6. The molecule has 0 radical (unpaired) electrons. The fraction of sp³-hybridized carbons (Fsp3) is 0.723. The molecule has 2 aliphatic heterocycles. The van der Waals surface area contributed by atoms with E-state index in [1.807, 2.05) is 0 Å². The third-order valence-corrected chi connectivity index (χ3v) is 12.9. The number of aliphatic hydroxyl groups is 1. The number of nitrogens with two attached hydrogens (primary N) is 2. The van der Waals surface area contributed by atoms with Crippen molar-refractivity contribution in [1.29, 1.82) is 0 Å². The fourth-order valence-electron chi connectivity index (χ4n) is 8.92. The highest BCUT2D eigenvalue weighted by atomic mass is 16.4. The maximum Gasteiger partial charge on any atom is 0.326 e. The molecule has 30 heteroatoms. The zero-order valence-corrected chi connectivity index (χ0v) is 43.5. The van der Waals surface area contributed by atoms with Crippen LogP contribution in [0.25, 0.3) is 0 Å². The standard InChI is InChI=1S/C47H77N11O19/c1-28(2)19-33(36(61)21-30(27-59)43(72)52-32(45(74)75)5-3-9-50-47(48)49)53-42(71)29(22-38(63)64)20-31(60)23-51-44(73)34-6-4-10-58(34)37(62)8-7-35(46(76)77)57-17-15-55(25-40(67)68)13-11-54(24-39(65)66)12-14-56(16-18-57)26-41(69)70/h28-30,32-35,59H,3-27H2,1-2H3,(H,51,73)(H,52,72)(H,53,71)(H,63,64)(H,65,66)(H,67,68)(H,69,70)(H,74,75)(H,76,77)(H4,48,49,50)/p-3/t29-,30-,32-,33-,34-,35?/m0/s1. The molecule has 2 saturated heterocycles. The minimum absolute atomic E-state index is 0.0137. The topological polar surface area (TPSA) is 472 Å². The van der Waals surface area contributed by atoms with Crippen LogP contribution in [0, 0.1) is 17.8 Å². The number of Topliss-reactive ketones (excluding diaryl/α,β-unsaturated/α-hetero) is 2. The Bertz CT molecular complexity index is 2080. The fourth-order valence-corrected chi connectivity index (χ4v) is 8.92. The summed E-state index contributed by atoms with van der Waals surface area (Å²) < 4.78 is 0. The van der Waals surface area contributed by atoms with Gasteiger partial charge >= 0.3 is 17.9 Å². The van der Waals surface area contributed by atoms with E-state index < -0.39 is 165 Å². The zero-order valence-electron chi connectivity index (χ0n) is 43.5. The van der Waals surface area contributed by atoms with Crippen LogP contribution in [-0.4, -0.2) is 244 Å². The molecule has 2 fully saturated rings. The predicted molar refractivity (Wildman–Crippen MR) is 261 cm³/mol. The van der Waals surface area contributed by atoms with Crippen molar-refractivity contribution in [2.75, 3.05) is 98.2 Å². The molecule has 0 aromatic rings. The lowest BCUT2D eigenvalue weighted by Gasteiger charge is -2.36. The first-order valence-corrected chi connectivity index (χ1v) is 25.3. The van der Waals surface area contributed by atoms with Crippen molar-refractivity contribution in [3.05, 3.63) is 0 Å². The minimum atomic E-state index is -1.56. The van der Waals surface area contributed by atoms with Crippen LogP contribution in [0.4, 0.5) is 0 Å². The molecule has 30 nitrogen and oxygen atoms in total. The molecule has 2 rings (SSSR count). The van der Waals surface area contributed by atoms with Crippen LogP contribution >= 0.6 is 0 Å². The Morgan fingerprint density at radius 1 is 0.662 bits per heavy atom. The van der Waals surface area contributed by atoms with Gasteiger partial charge in [0.25, 0.3) is 0 Å². The average Bonchev–Trinajstić information content (AvgIpc) is 3.83. The van der Waals surface area contributed by atoms with Gasteiger partial charge in [0.05, 0.1) is 55.4 Å². The molecule has 0 aromatic carbocycles. The van der Waals surface area contributed by atoms with Crippen molar-refractivity contribution in [1.82, 2.24) is 40.4 Å². The molecule has 0 aromatic heterocycles. The molecule has 2 aliphatic rings. The second kappa shape index (κ2) is 34.0. The number of aliphatic imine (C=N–C) groups is 1. The summed E-state index contributed by atoms with van der Waals surface area (Å²) in [4.78, 5) is 162. The lowest BCUT2D eigenvalue weighted by molar-refractivity contribution is -0.308. The first-order valence-electron chi connectivity index (χ1n) is 25.3. The van der Waals surface area contributed by atoms with Crippen LogP contribution < -0.4 is 42.7 Å². The number of amides is 4. The lowest BCUT2D eigenvalue weighted by Crippen LogP contribution is -2.53. The van der Waals surface area contributed by atoms with E-state index in [2.05, 4.69) is 20.9 Å². The molecule has 0 aliphatic carbocycles. The van der Waals surface area contributed by atoms with Crippen LogP contribution in [0.15, 0.2) is 4.99 Å². The van der Waals surface area contributed by atoms with Gasteiger partial charge in [0, 0.05) is 104 Å². The maximum atomic E-state index is 13.7. The van der Waals surface area contributed by atoms with Gasteiger partial charge in [-0.1, -0.05) is 13.8 Å². The lowest BCUT2D eigenvalue weighted by atomic mass is 9.91. The van der Waals surface area contributed by atoms with Crippen molar-refractivity contribution < 1.29 is 93.3 Å². The van der Waals surface area contributed by atoms with Gasteiger partial charge in [0.1, 0.15) is 18.1 Å². The van der Waals surface area contributed by atoms with Gasteiger partial charge in [0.15, 0.2) is 17.5 Å². The van der Waals surface area contributed by atoms with Gasteiger partial charge in [-0.2, -0.15) is 0 Å². The highest BCUT2D eigenvalue weighted by Crippen LogP contribution is 2.21. The number of ketones is 2. The average molecular weight is 1100 g/mol. The molecular weight excluding hydrogens is 1020 g/mol. The van der Waals surface area contributed by atoms with Crippen LogP contribution in [0.1, 0.15) is 78.1 Å². The van der Waals surface area contributed by atoms with Gasteiger partial charge in [-0.05, 0) is 44.4 Å². The monoisotopic (exact) mass is 1100 g/mol. The van der Waals surface area contributed by atoms with E-state index >= 15 is 0 Å². The third-order valence-electron chi connectivity index (χ3n) is 12.9. The molecule has 11 N–H and O–H groups in total. The molecule has 2 heterocycles. The van der Waals surface area contributed by atoms with Crippen molar-refractivity contribution in [3.8, 4) is 0 Å². The van der Waals surface area contributed by atoms with E-state index in [-0.39, 0.29) is 109 Å². The Balaban J connectivity index is 2.15. The van der Waals surface area contributed by atoms with Crippen LogP contribution in [-0.2, 0) is 57.5 Å². The zero-order chi connectivity index (χ0) is 57.9. The molecule has 1 unspecified atom stereocenters. The number of hydrogen-bond acceptors (Lipinski definition) is 21. The number of aliphatic hydroxyl groups excluding tert-OH is 1. The molecule has 77 heavy (non-hydrogen) atoms. The number of carbonyl (C=O) groups excluding carboxylic acids is 9. The van der Waals surface area contributed by atoms with E-state index in [9.17, 15) is 93.3 Å². The second-order valence-electron chi connectivity index (χ2n) is 19.5. The molecule has 4 amide bonds. The predicted octanol–water partition coefficient (Wildman–Crippen LogP) is -8.43.